The second kappa shape index (κ2) is 5.27. The quantitative estimate of drug-likeness (QED) is 0.850. The van der Waals surface area contributed by atoms with Crippen LogP contribution in [0.3, 0.4) is 0 Å². The molecule has 1 atom stereocenters. The van der Waals surface area contributed by atoms with Crippen molar-refractivity contribution >= 4 is 50.2 Å². The number of benzene rings is 1. The zero-order chi connectivity index (χ0) is 11.6. The third kappa shape index (κ3) is 2.92. The van der Waals surface area contributed by atoms with Crippen LogP contribution in [0.4, 0.5) is 0 Å². The molecule has 0 spiro atoms. The lowest BCUT2D eigenvalue weighted by molar-refractivity contribution is 0.0963. The third-order valence-electron chi connectivity index (χ3n) is 1.65. The van der Waals surface area contributed by atoms with Gasteiger partial charge in [0, 0.05) is 18.1 Å². The first-order valence-electron chi connectivity index (χ1n) is 3.76. The van der Waals surface area contributed by atoms with Gasteiger partial charge >= 0.3 is 0 Å². The standard InChI is InChI=1S/C8H6Cl3NO2S/c1-12-8(13)5-2-4(9)3-6(7(5)10)15(11)14/h2-3H,1H3,(H,12,13). The van der Waals surface area contributed by atoms with Crippen LogP contribution < -0.4 is 5.32 Å². The molecule has 1 amide bonds. The molecular formula is C8H6Cl3NO2S. The van der Waals surface area contributed by atoms with E-state index in [0.29, 0.717) is 0 Å². The fourth-order valence-electron chi connectivity index (χ4n) is 0.981. The molecule has 0 fully saturated rings. The fourth-order valence-corrected chi connectivity index (χ4v) is 2.62. The summed E-state index contributed by atoms with van der Waals surface area (Å²) in [6.07, 6.45) is 0. The predicted octanol–water partition coefficient (Wildman–Crippen LogP) is 2.61. The molecule has 15 heavy (non-hydrogen) atoms. The largest absolute Gasteiger partial charge is 0.594 e. The molecule has 0 aliphatic heterocycles. The van der Waals surface area contributed by atoms with Gasteiger partial charge in [0.15, 0.2) is 15.6 Å². The molecule has 0 aliphatic rings. The Labute approximate surface area is 104 Å². The smallest absolute Gasteiger partial charge is 0.252 e. The van der Waals surface area contributed by atoms with Gasteiger partial charge in [-0.3, -0.25) is 4.79 Å². The molecule has 7 heteroatoms. The van der Waals surface area contributed by atoms with E-state index in [1.807, 2.05) is 0 Å². The van der Waals surface area contributed by atoms with Gasteiger partial charge in [0.05, 0.1) is 5.56 Å². The molecule has 1 aromatic rings. The number of amides is 1. The highest BCUT2D eigenvalue weighted by Gasteiger charge is 2.21. The summed E-state index contributed by atoms with van der Waals surface area (Å²) in [5.74, 6) is -0.411. The van der Waals surface area contributed by atoms with Gasteiger partial charge in [0.25, 0.3) is 5.91 Å². The van der Waals surface area contributed by atoms with Crippen LogP contribution in [-0.4, -0.2) is 17.5 Å². The Morgan fingerprint density at radius 2 is 2.07 bits per heavy atom. The molecule has 0 aliphatic carbocycles. The van der Waals surface area contributed by atoms with E-state index in [1.54, 1.807) is 0 Å². The number of hydrogen-bond acceptors (Lipinski definition) is 2. The first kappa shape index (κ1) is 12.9. The van der Waals surface area contributed by atoms with Crippen LogP contribution in [-0.2, 0) is 10.4 Å². The zero-order valence-corrected chi connectivity index (χ0v) is 10.6. The van der Waals surface area contributed by atoms with Crippen LogP contribution in [0.1, 0.15) is 10.4 Å². The number of rotatable bonds is 2. The molecule has 82 valence electrons. The van der Waals surface area contributed by atoms with Crippen molar-refractivity contribution in [3.05, 3.63) is 27.7 Å². The first-order chi connectivity index (χ1) is 6.97. The Morgan fingerprint density at radius 3 is 2.53 bits per heavy atom. The monoisotopic (exact) mass is 285 g/mol. The van der Waals surface area contributed by atoms with E-state index in [0.717, 1.165) is 0 Å². The fraction of sp³-hybridized carbons (Fsp3) is 0.125. The van der Waals surface area contributed by atoms with Crippen molar-refractivity contribution in [2.24, 2.45) is 0 Å². The van der Waals surface area contributed by atoms with Crippen molar-refractivity contribution < 1.29 is 9.35 Å². The Bertz CT molecular complexity index is 398. The summed E-state index contributed by atoms with van der Waals surface area (Å²) >= 11 is 11.6. The van der Waals surface area contributed by atoms with E-state index in [2.05, 4.69) is 5.32 Å². The number of carbonyl (C=O) groups excluding carboxylic acids is 1. The summed E-state index contributed by atoms with van der Waals surface area (Å²) < 4.78 is 11.1. The van der Waals surface area contributed by atoms with Crippen LogP contribution in [0, 0.1) is 0 Å². The van der Waals surface area contributed by atoms with Gasteiger partial charge < -0.3 is 9.87 Å². The first-order valence-corrected chi connectivity index (χ1v) is 6.49. The highest BCUT2D eigenvalue weighted by Crippen LogP contribution is 2.31. The average molecular weight is 287 g/mol. The predicted molar refractivity (Wildman–Crippen MR) is 62.1 cm³/mol. The minimum Gasteiger partial charge on any atom is -0.594 e. The molecule has 1 N–H and O–H groups in total. The van der Waals surface area contributed by atoms with Gasteiger partial charge in [-0.25, -0.2) is 0 Å². The van der Waals surface area contributed by atoms with Crippen molar-refractivity contribution in [3.63, 3.8) is 0 Å². The summed E-state index contributed by atoms with van der Waals surface area (Å²) in [5.41, 5.74) is 0.149. The Hall–Kier alpha value is -0.130. The molecule has 0 heterocycles. The summed E-state index contributed by atoms with van der Waals surface area (Å²) in [4.78, 5) is 11.5. The average Bonchev–Trinajstić information content (AvgIpc) is 2.19. The van der Waals surface area contributed by atoms with Gasteiger partial charge in [-0.2, -0.15) is 0 Å². The lowest BCUT2D eigenvalue weighted by Crippen LogP contribution is -2.18. The molecule has 0 saturated heterocycles. The van der Waals surface area contributed by atoms with E-state index in [4.69, 9.17) is 33.9 Å². The van der Waals surface area contributed by atoms with Crippen LogP contribution in [0.2, 0.25) is 10.0 Å². The third-order valence-corrected chi connectivity index (χ3v) is 3.55. The van der Waals surface area contributed by atoms with E-state index >= 15 is 0 Å². The Kier molecular flexibility index (Phi) is 4.55. The van der Waals surface area contributed by atoms with E-state index in [9.17, 15) is 9.35 Å². The normalized spacial score (nSPS) is 12.3. The summed E-state index contributed by atoms with van der Waals surface area (Å²) in [5, 5.41) is 2.69. The van der Waals surface area contributed by atoms with Crippen molar-refractivity contribution in [1.82, 2.24) is 5.32 Å². The van der Waals surface area contributed by atoms with Crippen molar-refractivity contribution in [2.45, 2.75) is 4.90 Å². The molecule has 1 aromatic carbocycles. The maximum Gasteiger partial charge on any atom is 0.252 e. The summed E-state index contributed by atoms with van der Waals surface area (Å²) in [6.45, 7) is 0. The highest BCUT2D eigenvalue weighted by atomic mass is 35.7. The summed E-state index contributed by atoms with van der Waals surface area (Å²) in [6, 6.07) is 2.75. The zero-order valence-electron chi connectivity index (χ0n) is 7.51. The number of carbonyl (C=O) groups is 1. The maximum absolute atomic E-state index is 11.4. The van der Waals surface area contributed by atoms with Crippen LogP contribution in [0.5, 0.6) is 0 Å². The van der Waals surface area contributed by atoms with Gasteiger partial charge in [-0.1, -0.05) is 23.2 Å². The van der Waals surface area contributed by atoms with Crippen LogP contribution in [0.15, 0.2) is 17.0 Å². The molecule has 1 unspecified atom stereocenters. The Morgan fingerprint density at radius 1 is 1.47 bits per heavy atom. The lowest BCUT2D eigenvalue weighted by Gasteiger charge is -2.07. The SMILES string of the molecule is CNC(=O)c1cc(Cl)cc([S+]([O-])Cl)c1Cl. The number of halogens is 3. The summed E-state index contributed by atoms with van der Waals surface area (Å²) in [7, 11) is 5.05. The number of nitrogens with one attached hydrogen (secondary N) is 1. The number of hydrogen-bond donors (Lipinski definition) is 1. The van der Waals surface area contributed by atoms with Gasteiger partial charge in [0.1, 0.15) is 15.4 Å². The Balaban J connectivity index is 3.34. The van der Waals surface area contributed by atoms with Crippen molar-refractivity contribution in [1.29, 1.82) is 0 Å². The highest BCUT2D eigenvalue weighted by molar-refractivity contribution is 8.13. The molecule has 0 bridgehead atoms. The van der Waals surface area contributed by atoms with E-state index in [-0.39, 0.29) is 20.5 Å². The topological polar surface area (TPSA) is 52.2 Å². The minimum absolute atomic E-state index is 0.0482. The molecule has 0 radical (unpaired) electrons. The minimum atomic E-state index is -1.80. The van der Waals surface area contributed by atoms with Crippen molar-refractivity contribution in [3.8, 4) is 0 Å². The molecule has 1 rings (SSSR count). The van der Waals surface area contributed by atoms with Gasteiger partial charge in [0.2, 0.25) is 0 Å². The second-order valence-corrected chi connectivity index (χ2v) is 5.11. The second-order valence-electron chi connectivity index (χ2n) is 2.57. The molecule has 0 saturated carbocycles. The maximum atomic E-state index is 11.4. The molecule has 0 aromatic heterocycles. The van der Waals surface area contributed by atoms with E-state index in [1.165, 1.54) is 19.2 Å². The molecular weight excluding hydrogens is 281 g/mol. The lowest BCUT2D eigenvalue weighted by atomic mass is 10.2. The molecule has 3 nitrogen and oxygen atoms in total. The van der Waals surface area contributed by atoms with Gasteiger partial charge in [-0.15, -0.1) is 0 Å². The van der Waals surface area contributed by atoms with Gasteiger partial charge in [-0.05, 0) is 6.07 Å². The van der Waals surface area contributed by atoms with Crippen LogP contribution in [0.25, 0.3) is 0 Å². The van der Waals surface area contributed by atoms with Crippen LogP contribution >= 0.6 is 33.9 Å². The van der Waals surface area contributed by atoms with Crippen molar-refractivity contribution in [2.75, 3.05) is 7.05 Å². The van der Waals surface area contributed by atoms with E-state index < -0.39 is 16.3 Å².